The van der Waals surface area contributed by atoms with Crippen molar-refractivity contribution in [3.8, 4) is 16.9 Å². The molecule has 0 aromatic heterocycles. The molecule has 2 aliphatic carbocycles. The van der Waals surface area contributed by atoms with Gasteiger partial charge in [-0.25, -0.2) is 9.69 Å². The quantitative estimate of drug-likeness (QED) is 0.0636. The van der Waals surface area contributed by atoms with Crippen molar-refractivity contribution >= 4 is 46.6 Å². The zero-order valence-corrected chi connectivity index (χ0v) is 26.4. The summed E-state index contributed by atoms with van der Waals surface area (Å²) < 4.78 is 5.47. The number of nitrogens with zero attached hydrogens (tertiary/aromatic N) is 1. The maximum atomic E-state index is 14.2. The Bertz CT molecular complexity index is 2230. The fourth-order valence-electron chi connectivity index (χ4n) is 7.32. The molecule has 8 rings (SSSR count). The van der Waals surface area contributed by atoms with Gasteiger partial charge in [0.25, 0.3) is 17.7 Å². The number of amides is 4. The van der Waals surface area contributed by atoms with Crippen LogP contribution in [0.3, 0.4) is 0 Å². The molecular formula is C41H30N2O6. The third kappa shape index (κ3) is 5.31. The van der Waals surface area contributed by atoms with Gasteiger partial charge in [-0.1, -0.05) is 65.7 Å². The molecule has 1 atom stereocenters. The third-order valence-corrected chi connectivity index (χ3v) is 9.69. The Morgan fingerprint density at radius 1 is 0.755 bits per heavy atom. The Morgan fingerprint density at radius 2 is 1.47 bits per heavy atom. The largest absolute Gasteiger partial charge is 0.423 e. The Hall–Kier alpha value is -6.15. The predicted molar refractivity (Wildman–Crippen MR) is 185 cm³/mol. The summed E-state index contributed by atoms with van der Waals surface area (Å²) >= 11 is 0. The lowest BCUT2D eigenvalue weighted by molar-refractivity contribution is -0.108. The van der Waals surface area contributed by atoms with E-state index in [1.807, 2.05) is 12.1 Å². The summed E-state index contributed by atoms with van der Waals surface area (Å²) in [6.07, 6.45) is 6.21. The van der Waals surface area contributed by atoms with Crippen LogP contribution >= 0.6 is 0 Å². The minimum absolute atomic E-state index is 0.163. The highest BCUT2D eigenvalue weighted by molar-refractivity contribution is 6.37. The fourth-order valence-corrected chi connectivity index (χ4v) is 7.32. The molecule has 8 nitrogen and oxygen atoms in total. The maximum absolute atomic E-state index is 14.2. The number of para-hydroxylation sites is 1. The second kappa shape index (κ2) is 12.1. The van der Waals surface area contributed by atoms with E-state index in [-0.39, 0.29) is 27.9 Å². The zero-order valence-electron chi connectivity index (χ0n) is 26.4. The van der Waals surface area contributed by atoms with Crippen molar-refractivity contribution in [3.63, 3.8) is 0 Å². The summed E-state index contributed by atoms with van der Waals surface area (Å²) in [5, 5.41) is 2.96. The Kier molecular flexibility index (Phi) is 7.48. The van der Waals surface area contributed by atoms with Gasteiger partial charge in [-0.05, 0) is 97.3 Å². The minimum Gasteiger partial charge on any atom is -0.423 e. The first-order valence-electron chi connectivity index (χ1n) is 16.3. The second-order valence-corrected chi connectivity index (χ2v) is 12.6. The minimum atomic E-state index is -0.643. The lowest BCUT2D eigenvalue weighted by Gasteiger charge is -2.29. The molecule has 5 aromatic rings. The zero-order chi connectivity index (χ0) is 33.6. The summed E-state index contributed by atoms with van der Waals surface area (Å²) in [5.41, 5.74) is 6.89. The monoisotopic (exact) mass is 646 g/mol. The molecule has 49 heavy (non-hydrogen) atoms. The standard InChI is InChI=1S/C41H30N2O6/c44-23-42-38(45)33-19-21-35-37-34(20-18-32(36(33)37)26-16-14-25(15-17-26)31-11-5-10-30(31)24-12-13-24)39(46)43(40(35)47)28-7-4-6-27(22-28)41(48)49-29-8-2-1-3-9-29/h1-4,6-9,14-23,31H,5,10-13H2,(H,42,44,45). The summed E-state index contributed by atoms with van der Waals surface area (Å²) in [6, 6.07) is 29.5. The molecule has 1 unspecified atom stereocenters. The number of hydrogen-bond acceptors (Lipinski definition) is 6. The molecule has 1 heterocycles. The number of carbonyl (C=O) groups is 5. The van der Waals surface area contributed by atoms with Crippen molar-refractivity contribution in [2.75, 3.05) is 4.90 Å². The second-order valence-electron chi connectivity index (χ2n) is 12.6. The normalized spacial score (nSPS) is 16.6. The van der Waals surface area contributed by atoms with Crippen molar-refractivity contribution in [1.29, 1.82) is 0 Å². The van der Waals surface area contributed by atoms with E-state index in [2.05, 4.69) is 17.4 Å². The van der Waals surface area contributed by atoms with E-state index in [9.17, 15) is 24.0 Å². The molecule has 0 spiro atoms. The van der Waals surface area contributed by atoms with Gasteiger partial charge < -0.3 is 4.74 Å². The number of nitrogens with one attached hydrogen (secondary N) is 1. The number of ether oxygens (including phenoxy) is 1. The number of hydrogen-bond donors (Lipinski definition) is 1. The summed E-state index contributed by atoms with van der Waals surface area (Å²) in [4.78, 5) is 66.8. The maximum Gasteiger partial charge on any atom is 0.343 e. The van der Waals surface area contributed by atoms with Crippen molar-refractivity contribution in [1.82, 2.24) is 5.32 Å². The van der Waals surface area contributed by atoms with Crippen LogP contribution < -0.4 is 15.0 Å². The van der Waals surface area contributed by atoms with Crippen LogP contribution in [0.4, 0.5) is 5.69 Å². The molecular weight excluding hydrogens is 616 g/mol. The summed E-state index contributed by atoms with van der Waals surface area (Å²) in [6.45, 7) is 0. The number of benzene rings is 5. The van der Waals surface area contributed by atoms with Crippen LogP contribution in [0.5, 0.6) is 5.75 Å². The Morgan fingerprint density at radius 3 is 2.18 bits per heavy atom. The highest BCUT2D eigenvalue weighted by Crippen LogP contribution is 2.48. The first-order valence-corrected chi connectivity index (χ1v) is 16.3. The molecule has 5 aromatic carbocycles. The van der Waals surface area contributed by atoms with E-state index in [0.29, 0.717) is 34.4 Å². The smallest absolute Gasteiger partial charge is 0.343 e. The molecule has 8 heteroatoms. The van der Waals surface area contributed by atoms with Crippen LogP contribution in [-0.2, 0) is 4.79 Å². The van der Waals surface area contributed by atoms with Crippen LogP contribution in [0, 0.1) is 0 Å². The number of imide groups is 2. The van der Waals surface area contributed by atoms with E-state index >= 15 is 0 Å². The Balaban J connectivity index is 1.20. The lowest BCUT2D eigenvalue weighted by atomic mass is 9.85. The number of anilines is 1. The topological polar surface area (TPSA) is 110 Å². The van der Waals surface area contributed by atoms with Gasteiger partial charge in [-0.15, -0.1) is 0 Å². The lowest BCUT2D eigenvalue weighted by Crippen LogP contribution is -2.40. The molecule has 0 bridgehead atoms. The van der Waals surface area contributed by atoms with E-state index in [4.69, 9.17) is 4.74 Å². The average molecular weight is 647 g/mol. The third-order valence-electron chi connectivity index (χ3n) is 9.69. The van der Waals surface area contributed by atoms with Crippen LogP contribution in [0.25, 0.3) is 21.9 Å². The van der Waals surface area contributed by atoms with Crippen molar-refractivity contribution in [3.05, 3.63) is 142 Å². The van der Waals surface area contributed by atoms with Crippen LogP contribution in [0.15, 0.2) is 114 Å². The first kappa shape index (κ1) is 30.2. The fraction of sp³-hybridized carbons (Fsp3) is 0.146. The van der Waals surface area contributed by atoms with Gasteiger partial charge in [0.2, 0.25) is 6.41 Å². The molecule has 1 N–H and O–H groups in total. The molecule has 1 aliphatic heterocycles. The molecule has 4 amide bonds. The van der Waals surface area contributed by atoms with E-state index < -0.39 is 23.7 Å². The predicted octanol–water partition coefficient (Wildman–Crippen LogP) is 7.77. The van der Waals surface area contributed by atoms with E-state index in [1.165, 1.54) is 43.0 Å². The highest BCUT2D eigenvalue weighted by atomic mass is 16.5. The van der Waals surface area contributed by atoms with Crippen LogP contribution in [-0.4, -0.2) is 30.1 Å². The average Bonchev–Trinajstić information content (AvgIpc) is 3.86. The molecule has 3 aliphatic rings. The molecule has 2 saturated carbocycles. The van der Waals surface area contributed by atoms with Crippen molar-refractivity contribution < 1.29 is 28.7 Å². The number of esters is 1. The number of carbonyl (C=O) groups excluding carboxylic acids is 5. The highest BCUT2D eigenvalue weighted by Gasteiger charge is 2.36. The van der Waals surface area contributed by atoms with Crippen molar-refractivity contribution in [2.24, 2.45) is 0 Å². The van der Waals surface area contributed by atoms with Gasteiger partial charge in [0.05, 0.1) is 11.3 Å². The number of allylic oxidation sites excluding steroid dienone is 2. The molecule has 0 radical (unpaired) electrons. The summed E-state index contributed by atoms with van der Waals surface area (Å²) in [5.74, 6) is -1.70. The van der Waals surface area contributed by atoms with Gasteiger partial charge in [-0.3, -0.25) is 24.5 Å². The molecule has 0 saturated heterocycles. The van der Waals surface area contributed by atoms with Crippen LogP contribution in [0.2, 0.25) is 0 Å². The van der Waals surface area contributed by atoms with Crippen molar-refractivity contribution in [2.45, 2.75) is 38.0 Å². The van der Waals surface area contributed by atoms with Crippen LogP contribution in [0.1, 0.15) is 85.0 Å². The summed E-state index contributed by atoms with van der Waals surface area (Å²) in [7, 11) is 0. The van der Waals surface area contributed by atoms with E-state index in [1.54, 1.807) is 71.8 Å². The number of rotatable bonds is 7. The van der Waals surface area contributed by atoms with Gasteiger partial charge in [0.15, 0.2) is 0 Å². The Labute approximate surface area is 282 Å². The van der Waals surface area contributed by atoms with Gasteiger partial charge in [0.1, 0.15) is 5.75 Å². The van der Waals surface area contributed by atoms with E-state index in [0.717, 1.165) is 23.3 Å². The van der Waals surface area contributed by atoms with Gasteiger partial charge in [0, 0.05) is 33.4 Å². The molecule has 240 valence electrons. The van der Waals surface area contributed by atoms with Gasteiger partial charge in [-0.2, -0.15) is 0 Å². The molecule has 2 fully saturated rings. The first-order chi connectivity index (χ1) is 23.9. The van der Waals surface area contributed by atoms with Gasteiger partial charge >= 0.3 is 5.97 Å². The SMILES string of the molecule is O=CNC(=O)c1ccc2c3c(ccc(-c4ccc(C5CCCC5=C5CC5)cc4)c13)C(=O)N(c1cccc(C(=O)Oc3ccccc3)c1)C2=O.